The van der Waals surface area contributed by atoms with Crippen molar-refractivity contribution in [3.63, 3.8) is 0 Å². The van der Waals surface area contributed by atoms with Gasteiger partial charge in [0.1, 0.15) is 18.4 Å². The van der Waals surface area contributed by atoms with E-state index in [1.54, 1.807) is 19.1 Å². The van der Waals surface area contributed by atoms with Crippen LogP contribution in [0, 0.1) is 12.7 Å². The summed E-state index contributed by atoms with van der Waals surface area (Å²) < 4.78 is 43.4. The molecule has 9 heteroatoms. The lowest BCUT2D eigenvalue weighted by atomic mass is 10.1. The molecular weight excluding hydrogens is 529 g/mol. The van der Waals surface area contributed by atoms with Crippen molar-refractivity contribution in [2.24, 2.45) is 0 Å². The van der Waals surface area contributed by atoms with Crippen LogP contribution in [0.4, 0.5) is 10.1 Å². The number of halogens is 1. The van der Waals surface area contributed by atoms with Gasteiger partial charge in [0.2, 0.25) is 11.8 Å². The molecule has 2 atom stereocenters. The highest BCUT2D eigenvalue weighted by Crippen LogP contribution is 2.27. The monoisotopic (exact) mass is 567 g/mol. The number of sulfonamides is 1. The topological polar surface area (TPSA) is 86.8 Å². The van der Waals surface area contributed by atoms with Crippen molar-refractivity contribution in [2.75, 3.05) is 17.4 Å². The molecule has 0 bridgehead atoms. The Hall–Kier alpha value is -3.72. The number of nitrogens with one attached hydrogen (secondary N) is 1. The van der Waals surface area contributed by atoms with Gasteiger partial charge >= 0.3 is 0 Å². The Morgan fingerprint density at radius 1 is 0.900 bits per heavy atom. The fourth-order valence-corrected chi connectivity index (χ4v) is 5.76. The second kappa shape index (κ2) is 14.1. The molecule has 2 amide bonds. The summed E-state index contributed by atoms with van der Waals surface area (Å²) in [5, 5.41) is 2.94. The summed E-state index contributed by atoms with van der Waals surface area (Å²) in [5.74, 6) is -1.68. The summed E-state index contributed by atoms with van der Waals surface area (Å²) in [5.41, 5.74) is 1.59. The molecule has 0 unspecified atom stereocenters. The lowest BCUT2D eigenvalue weighted by Gasteiger charge is -2.33. The van der Waals surface area contributed by atoms with E-state index in [0.717, 1.165) is 27.9 Å². The molecule has 0 saturated heterocycles. The fraction of sp³-hybridized carbons (Fsp3) is 0.355. The first kappa shape index (κ1) is 30.8. The maximum absolute atomic E-state index is 15.0. The van der Waals surface area contributed by atoms with Crippen LogP contribution in [0.15, 0.2) is 83.8 Å². The van der Waals surface area contributed by atoms with Crippen molar-refractivity contribution in [2.45, 2.75) is 63.9 Å². The first-order valence-corrected chi connectivity index (χ1v) is 15.0. The standard InChI is InChI=1S/C31H38FN3O4S/c1-5-24(4)33-31(37)28(6-2)34(21-20-25-12-8-7-9-13-25)30(36)22-35(29-15-11-10-14-27(29)32)40(38,39)26-18-16-23(3)17-19-26/h7-19,24,28H,5-6,20-22H2,1-4H3,(H,33,37)/t24-,28-/m1/s1. The van der Waals surface area contributed by atoms with E-state index in [1.807, 2.05) is 51.1 Å². The molecule has 0 saturated carbocycles. The minimum Gasteiger partial charge on any atom is -0.352 e. The van der Waals surface area contributed by atoms with Crippen LogP contribution in [0.5, 0.6) is 0 Å². The van der Waals surface area contributed by atoms with Crippen LogP contribution in [0.3, 0.4) is 0 Å². The van der Waals surface area contributed by atoms with E-state index < -0.39 is 34.3 Å². The molecule has 0 radical (unpaired) electrons. The number of carbonyl (C=O) groups is 2. The van der Waals surface area contributed by atoms with Crippen LogP contribution in [-0.2, 0) is 26.0 Å². The molecule has 1 N–H and O–H groups in total. The van der Waals surface area contributed by atoms with E-state index in [0.29, 0.717) is 12.8 Å². The number of amides is 2. The molecule has 0 aliphatic heterocycles. The van der Waals surface area contributed by atoms with Crippen molar-refractivity contribution in [1.29, 1.82) is 0 Å². The fourth-order valence-electron chi connectivity index (χ4n) is 4.34. The lowest BCUT2D eigenvalue weighted by Crippen LogP contribution is -2.54. The Morgan fingerprint density at radius 3 is 2.12 bits per heavy atom. The predicted octanol–water partition coefficient (Wildman–Crippen LogP) is 5.09. The molecular formula is C31H38FN3O4S. The molecule has 7 nitrogen and oxygen atoms in total. The summed E-state index contributed by atoms with van der Waals surface area (Å²) >= 11 is 0. The Kier molecular flexibility index (Phi) is 10.8. The number of aryl methyl sites for hydroxylation is 1. The Morgan fingerprint density at radius 2 is 1.52 bits per heavy atom. The molecule has 0 fully saturated rings. The number of para-hydroxylation sites is 1. The smallest absolute Gasteiger partial charge is 0.264 e. The van der Waals surface area contributed by atoms with Crippen molar-refractivity contribution in [3.8, 4) is 0 Å². The number of anilines is 1. The normalized spacial score (nSPS) is 12.8. The maximum Gasteiger partial charge on any atom is 0.264 e. The molecule has 214 valence electrons. The van der Waals surface area contributed by atoms with E-state index in [-0.39, 0.29) is 29.1 Å². The van der Waals surface area contributed by atoms with Gasteiger partial charge in [-0.1, -0.05) is 74.0 Å². The van der Waals surface area contributed by atoms with Crippen LogP contribution in [-0.4, -0.2) is 50.3 Å². The zero-order valence-corrected chi connectivity index (χ0v) is 24.3. The molecule has 0 heterocycles. The molecule has 3 aromatic carbocycles. The average molecular weight is 568 g/mol. The summed E-state index contributed by atoms with van der Waals surface area (Å²) in [4.78, 5) is 28.6. The molecule has 0 spiro atoms. The van der Waals surface area contributed by atoms with Gasteiger partial charge in [0, 0.05) is 12.6 Å². The van der Waals surface area contributed by atoms with Crippen molar-refractivity contribution < 1.29 is 22.4 Å². The third kappa shape index (κ3) is 7.69. The van der Waals surface area contributed by atoms with Crippen LogP contribution in [0.1, 0.15) is 44.7 Å². The van der Waals surface area contributed by atoms with Gasteiger partial charge in [-0.15, -0.1) is 0 Å². The van der Waals surface area contributed by atoms with Crippen LogP contribution < -0.4 is 9.62 Å². The lowest BCUT2D eigenvalue weighted by molar-refractivity contribution is -0.139. The minimum atomic E-state index is -4.32. The second-order valence-electron chi connectivity index (χ2n) is 9.84. The Bertz CT molecular complexity index is 1380. The van der Waals surface area contributed by atoms with Crippen molar-refractivity contribution in [1.82, 2.24) is 10.2 Å². The summed E-state index contributed by atoms with van der Waals surface area (Å²) in [6.07, 6.45) is 1.51. The van der Waals surface area contributed by atoms with E-state index in [2.05, 4.69) is 5.32 Å². The number of hydrogen-bond donors (Lipinski definition) is 1. The summed E-state index contributed by atoms with van der Waals surface area (Å²) in [6, 6.07) is 20.2. The van der Waals surface area contributed by atoms with Gasteiger partial charge in [-0.05, 0) is 62.9 Å². The number of hydrogen-bond acceptors (Lipinski definition) is 4. The average Bonchev–Trinajstić information content (AvgIpc) is 2.94. The van der Waals surface area contributed by atoms with E-state index in [4.69, 9.17) is 0 Å². The van der Waals surface area contributed by atoms with Gasteiger partial charge in [-0.25, -0.2) is 12.8 Å². The van der Waals surface area contributed by atoms with Crippen LogP contribution >= 0.6 is 0 Å². The Labute approximate surface area is 237 Å². The van der Waals surface area contributed by atoms with Crippen LogP contribution in [0.25, 0.3) is 0 Å². The molecule has 0 aliphatic carbocycles. The zero-order chi connectivity index (χ0) is 29.3. The molecule has 3 aromatic rings. The highest BCUT2D eigenvalue weighted by Gasteiger charge is 2.34. The highest BCUT2D eigenvalue weighted by molar-refractivity contribution is 7.92. The van der Waals surface area contributed by atoms with Crippen molar-refractivity contribution in [3.05, 3.63) is 95.8 Å². The highest BCUT2D eigenvalue weighted by atomic mass is 32.2. The third-order valence-electron chi connectivity index (χ3n) is 6.88. The van der Waals surface area contributed by atoms with Gasteiger partial charge < -0.3 is 10.2 Å². The molecule has 3 rings (SSSR count). The Balaban J connectivity index is 2.02. The summed E-state index contributed by atoms with van der Waals surface area (Å²) in [6.45, 7) is 6.99. The number of benzene rings is 3. The quantitative estimate of drug-likeness (QED) is 0.312. The van der Waals surface area contributed by atoms with E-state index in [1.165, 1.54) is 35.2 Å². The molecule has 0 aromatic heterocycles. The van der Waals surface area contributed by atoms with Gasteiger partial charge in [0.05, 0.1) is 10.6 Å². The molecule has 0 aliphatic rings. The van der Waals surface area contributed by atoms with Gasteiger partial charge in [-0.3, -0.25) is 13.9 Å². The van der Waals surface area contributed by atoms with Gasteiger partial charge in [-0.2, -0.15) is 0 Å². The van der Waals surface area contributed by atoms with Crippen LogP contribution in [0.2, 0.25) is 0 Å². The largest absolute Gasteiger partial charge is 0.352 e. The minimum absolute atomic E-state index is 0.0634. The third-order valence-corrected chi connectivity index (χ3v) is 8.65. The number of nitrogens with zero attached hydrogens (tertiary/aromatic N) is 2. The predicted molar refractivity (Wildman–Crippen MR) is 156 cm³/mol. The number of rotatable bonds is 13. The first-order chi connectivity index (χ1) is 19.1. The number of carbonyl (C=O) groups excluding carboxylic acids is 2. The first-order valence-electron chi connectivity index (χ1n) is 13.6. The van der Waals surface area contributed by atoms with Gasteiger partial charge in [0.25, 0.3) is 10.0 Å². The second-order valence-corrected chi connectivity index (χ2v) is 11.7. The molecule has 40 heavy (non-hydrogen) atoms. The summed E-state index contributed by atoms with van der Waals surface area (Å²) in [7, 11) is -4.32. The van der Waals surface area contributed by atoms with Gasteiger partial charge in [0.15, 0.2) is 0 Å². The van der Waals surface area contributed by atoms with E-state index in [9.17, 15) is 18.0 Å². The van der Waals surface area contributed by atoms with E-state index >= 15 is 4.39 Å². The van der Waals surface area contributed by atoms with Crippen molar-refractivity contribution >= 4 is 27.5 Å². The zero-order valence-electron chi connectivity index (χ0n) is 23.5. The SMILES string of the molecule is CC[C@@H](C)NC(=O)[C@@H](CC)N(CCc1ccccc1)C(=O)CN(c1ccccc1F)S(=O)(=O)c1ccc(C)cc1. The maximum atomic E-state index is 15.0.